The van der Waals surface area contributed by atoms with Gasteiger partial charge in [-0.2, -0.15) is 6.07 Å². The molecule has 6 heteroatoms. The van der Waals surface area contributed by atoms with Gasteiger partial charge in [0.2, 0.25) is 0 Å². The zero-order valence-electron chi connectivity index (χ0n) is 6.02. The van der Waals surface area contributed by atoms with Gasteiger partial charge in [0, 0.05) is 5.15 Å². The van der Waals surface area contributed by atoms with Crippen LogP contribution in [0.2, 0.25) is 5.15 Å². The van der Waals surface area contributed by atoms with Crippen LogP contribution in [0.25, 0.3) is 0 Å². The average Bonchev–Trinajstić information content (AvgIpc) is 1.69. The van der Waals surface area contributed by atoms with Gasteiger partial charge in [-0.25, -0.2) is 12.1 Å². The van der Waals surface area contributed by atoms with Gasteiger partial charge >= 0.3 is 41.9 Å². The van der Waals surface area contributed by atoms with Crippen LogP contribution in [0.4, 0.5) is 0 Å². The first-order valence-corrected chi connectivity index (χ1v) is 2.25. The number of nitrogens with zero attached hydrogens (tertiary/aromatic N) is 1. The SMILES string of the molecule is Clc1cc[c-]cn1.[Cl-].[Cl-].[Li+].[Mg+2]. The van der Waals surface area contributed by atoms with Gasteiger partial charge in [-0.05, 0) is 0 Å². The van der Waals surface area contributed by atoms with Gasteiger partial charge in [-0.15, -0.1) is 0 Å². The molecule has 0 aliphatic heterocycles. The first kappa shape index (κ1) is 22.8. The third-order valence-electron chi connectivity index (χ3n) is 0.580. The fourth-order valence-corrected chi connectivity index (χ4v) is 0.414. The van der Waals surface area contributed by atoms with Crippen LogP contribution in [0, 0.1) is 6.07 Å². The number of hydrogen-bond donors (Lipinski definition) is 0. The molecule has 0 spiro atoms. The molecule has 52 valence electrons. The van der Waals surface area contributed by atoms with Crippen molar-refractivity contribution in [3.05, 3.63) is 29.5 Å². The van der Waals surface area contributed by atoms with E-state index < -0.39 is 0 Å². The molecular formula is C5H3Cl3LiMgN. The first-order valence-electron chi connectivity index (χ1n) is 1.87. The van der Waals surface area contributed by atoms with Crippen molar-refractivity contribution in [2.75, 3.05) is 0 Å². The largest absolute Gasteiger partial charge is 2.00 e. The Labute approximate surface area is 112 Å². The topological polar surface area (TPSA) is 12.9 Å². The average molecular weight is 215 g/mol. The van der Waals surface area contributed by atoms with Crippen molar-refractivity contribution in [2.24, 2.45) is 0 Å². The van der Waals surface area contributed by atoms with E-state index in [1.807, 2.05) is 0 Å². The predicted octanol–water partition coefficient (Wildman–Crippen LogP) is -7.83. The van der Waals surface area contributed by atoms with Gasteiger partial charge in [0.05, 0.1) is 0 Å². The summed E-state index contributed by atoms with van der Waals surface area (Å²) >= 11 is 5.41. The summed E-state index contributed by atoms with van der Waals surface area (Å²) in [6, 6.07) is 6.14. The molecule has 0 atom stereocenters. The van der Waals surface area contributed by atoms with E-state index in [0.29, 0.717) is 5.15 Å². The normalized spacial score (nSPS) is 5.55. The number of rotatable bonds is 0. The van der Waals surface area contributed by atoms with Crippen molar-refractivity contribution in [1.82, 2.24) is 4.98 Å². The van der Waals surface area contributed by atoms with Crippen LogP contribution in [-0.4, -0.2) is 28.0 Å². The van der Waals surface area contributed by atoms with E-state index in [-0.39, 0.29) is 66.7 Å². The molecule has 11 heavy (non-hydrogen) atoms. The van der Waals surface area contributed by atoms with E-state index in [1.54, 1.807) is 12.1 Å². The minimum Gasteiger partial charge on any atom is -1.00 e. The maximum Gasteiger partial charge on any atom is 2.00 e. The molecule has 0 bridgehead atoms. The standard InChI is InChI=1S/C5H3ClN.2ClH.Li.Mg/c6-5-3-1-2-4-7-5;;;;/h1,3-4H;2*1H;;/q-1;;;+1;+2/p-2. The van der Waals surface area contributed by atoms with Crippen LogP contribution in [0.5, 0.6) is 0 Å². The van der Waals surface area contributed by atoms with Gasteiger partial charge < -0.3 is 24.8 Å². The first-order chi connectivity index (χ1) is 3.39. The van der Waals surface area contributed by atoms with Gasteiger partial charge in [0.25, 0.3) is 0 Å². The molecule has 0 aliphatic rings. The second kappa shape index (κ2) is 13.9. The predicted molar refractivity (Wildman–Crippen MR) is 33.8 cm³/mol. The minimum absolute atomic E-state index is 0. The van der Waals surface area contributed by atoms with Crippen LogP contribution in [0.15, 0.2) is 18.3 Å². The summed E-state index contributed by atoms with van der Waals surface area (Å²) in [5.74, 6) is 0. The molecule has 1 rings (SSSR count). The van der Waals surface area contributed by atoms with Gasteiger partial charge in [0.1, 0.15) is 0 Å². The Balaban J connectivity index is -0.0000000612. The second-order valence-corrected chi connectivity index (χ2v) is 1.47. The van der Waals surface area contributed by atoms with Gasteiger partial charge in [-0.1, -0.05) is 17.8 Å². The molecule has 1 heterocycles. The van der Waals surface area contributed by atoms with E-state index in [9.17, 15) is 0 Å². The molecular weight excluding hydrogens is 212 g/mol. The molecule has 0 aromatic carbocycles. The quantitative estimate of drug-likeness (QED) is 0.238. The summed E-state index contributed by atoms with van der Waals surface area (Å²) < 4.78 is 0. The van der Waals surface area contributed by atoms with Crippen LogP contribution < -0.4 is 43.7 Å². The maximum atomic E-state index is 5.41. The third kappa shape index (κ3) is 11.4. The Bertz CT molecular complexity index is 152. The van der Waals surface area contributed by atoms with Crippen molar-refractivity contribution in [3.63, 3.8) is 0 Å². The Morgan fingerprint density at radius 2 is 1.91 bits per heavy atom. The van der Waals surface area contributed by atoms with Crippen molar-refractivity contribution >= 4 is 34.7 Å². The Morgan fingerprint density at radius 3 is 2.09 bits per heavy atom. The number of halogens is 3. The third-order valence-corrected chi connectivity index (χ3v) is 0.803. The summed E-state index contributed by atoms with van der Waals surface area (Å²) in [6.45, 7) is 0. The molecule has 0 aliphatic carbocycles. The maximum absolute atomic E-state index is 5.41. The van der Waals surface area contributed by atoms with Crippen molar-refractivity contribution < 1.29 is 43.7 Å². The second-order valence-electron chi connectivity index (χ2n) is 1.08. The van der Waals surface area contributed by atoms with Crippen molar-refractivity contribution in [2.45, 2.75) is 0 Å². The van der Waals surface area contributed by atoms with Crippen LogP contribution >= 0.6 is 11.6 Å². The van der Waals surface area contributed by atoms with Gasteiger partial charge in [-0.3, -0.25) is 4.98 Å². The molecule has 0 radical (unpaired) electrons. The van der Waals surface area contributed by atoms with E-state index in [2.05, 4.69) is 11.1 Å². The molecule has 0 unspecified atom stereocenters. The van der Waals surface area contributed by atoms with Crippen molar-refractivity contribution in [3.8, 4) is 0 Å². The van der Waals surface area contributed by atoms with E-state index in [0.717, 1.165) is 0 Å². The minimum atomic E-state index is 0. The number of pyridine rings is 1. The summed E-state index contributed by atoms with van der Waals surface area (Å²) in [5.41, 5.74) is 0. The van der Waals surface area contributed by atoms with E-state index in [1.165, 1.54) is 6.20 Å². The fraction of sp³-hybridized carbons (Fsp3) is 0. The molecule has 0 N–H and O–H groups in total. The number of hydrogen-bond acceptors (Lipinski definition) is 1. The Morgan fingerprint density at radius 1 is 1.36 bits per heavy atom. The summed E-state index contributed by atoms with van der Waals surface area (Å²) in [7, 11) is 0. The van der Waals surface area contributed by atoms with Crippen molar-refractivity contribution in [1.29, 1.82) is 0 Å². The summed E-state index contributed by atoms with van der Waals surface area (Å²) in [5, 5.41) is 0.513. The van der Waals surface area contributed by atoms with E-state index >= 15 is 0 Å². The Hall–Kier alpha value is 1.38. The smallest absolute Gasteiger partial charge is 1.00 e. The molecule has 1 aromatic heterocycles. The molecule has 0 amide bonds. The molecule has 1 nitrogen and oxygen atoms in total. The molecule has 0 fully saturated rings. The van der Waals surface area contributed by atoms with Crippen LogP contribution in [-0.2, 0) is 0 Å². The fourth-order valence-electron chi connectivity index (χ4n) is 0.302. The zero-order chi connectivity index (χ0) is 5.11. The van der Waals surface area contributed by atoms with Gasteiger partial charge in [0.15, 0.2) is 0 Å². The number of aromatic nitrogens is 1. The monoisotopic (exact) mass is 213 g/mol. The van der Waals surface area contributed by atoms with E-state index in [4.69, 9.17) is 11.6 Å². The molecule has 0 saturated carbocycles. The summed E-state index contributed by atoms with van der Waals surface area (Å²) in [6.07, 6.45) is 1.53. The zero-order valence-corrected chi connectivity index (χ0v) is 9.70. The van der Waals surface area contributed by atoms with Crippen LogP contribution in [0.1, 0.15) is 0 Å². The van der Waals surface area contributed by atoms with Crippen LogP contribution in [0.3, 0.4) is 0 Å². The Kier molecular flexibility index (Phi) is 28.9. The molecule has 0 saturated heterocycles. The summed E-state index contributed by atoms with van der Waals surface area (Å²) in [4.78, 5) is 3.69. The molecule has 1 aromatic rings.